The van der Waals surface area contributed by atoms with Gasteiger partial charge in [0.1, 0.15) is 16.8 Å². The Morgan fingerprint density at radius 3 is 2.95 bits per heavy atom. The summed E-state index contributed by atoms with van der Waals surface area (Å²) in [5.74, 6) is 2.38. The number of nitrogens with zero attached hydrogens (tertiary/aromatic N) is 3. The maximum absolute atomic E-state index is 6.14. The molecule has 0 bridgehead atoms. The largest absolute Gasteiger partial charge is 0.372 e. The van der Waals surface area contributed by atoms with E-state index in [1.54, 1.807) is 0 Å². The minimum absolute atomic E-state index is 0.0879. The molecule has 19 heavy (non-hydrogen) atoms. The summed E-state index contributed by atoms with van der Waals surface area (Å²) >= 11 is 6.14. The molecule has 1 saturated heterocycles. The average Bonchev–Trinajstić information content (AvgIpc) is 3.22. The van der Waals surface area contributed by atoms with Crippen LogP contribution >= 0.6 is 11.6 Å². The van der Waals surface area contributed by atoms with E-state index in [9.17, 15) is 0 Å². The van der Waals surface area contributed by atoms with Crippen molar-refractivity contribution in [1.29, 1.82) is 0 Å². The topological polar surface area (TPSA) is 38.2 Å². The van der Waals surface area contributed by atoms with Gasteiger partial charge >= 0.3 is 0 Å². The number of aromatic nitrogens is 2. The summed E-state index contributed by atoms with van der Waals surface area (Å²) < 4.78 is 5.87. The van der Waals surface area contributed by atoms with Crippen molar-refractivity contribution >= 4 is 17.4 Å². The zero-order valence-corrected chi connectivity index (χ0v) is 12.3. The molecule has 1 atom stereocenters. The summed E-state index contributed by atoms with van der Waals surface area (Å²) in [6, 6.07) is 1.87. The highest BCUT2D eigenvalue weighted by molar-refractivity contribution is 6.29. The van der Waals surface area contributed by atoms with Gasteiger partial charge in [0.25, 0.3) is 0 Å². The molecule has 1 unspecified atom stereocenters. The van der Waals surface area contributed by atoms with Crippen molar-refractivity contribution in [2.45, 2.75) is 44.6 Å². The number of hydrogen-bond acceptors (Lipinski definition) is 4. The van der Waals surface area contributed by atoms with Crippen molar-refractivity contribution < 1.29 is 4.74 Å². The lowest BCUT2D eigenvalue weighted by molar-refractivity contribution is -0.0443. The first-order chi connectivity index (χ1) is 9.09. The SMILES string of the molecule is CCC1(C)CN(c2cc(Cl)nc(C3CC3)n2)CCO1. The molecule has 1 aromatic heterocycles. The van der Waals surface area contributed by atoms with Crippen LogP contribution in [-0.2, 0) is 4.74 Å². The standard InChI is InChI=1S/C14H20ClN3O/c1-3-14(2)9-18(6-7-19-14)12-8-11(15)16-13(17-12)10-4-5-10/h8,10H,3-7,9H2,1-2H3. The molecule has 0 N–H and O–H groups in total. The fraction of sp³-hybridized carbons (Fsp3) is 0.714. The first-order valence-corrected chi connectivity index (χ1v) is 7.41. The Balaban J connectivity index is 1.84. The number of halogens is 1. The summed E-state index contributed by atoms with van der Waals surface area (Å²) in [7, 11) is 0. The van der Waals surface area contributed by atoms with Gasteiger partial charge in [-0.2, -0.15) is 0 Å². The van der Waals surface area contributed by atoms with Crippen LogP contribution in [0.4, 0.5) is 5.82 Å². The smallest absolute Gasteiger partial charge is 0.135 e. The third-order valence-corrected chi connectivity index (χ3v) is 4.24. The Bertz CT molecular complexity index is 478. The van der Waals surface area contributed by atoms with Crippen LogP contribution in [0.5, 0.6) is 0 Å². The average molecular weight is 282 g/mol. The van der Waals surface area contributed by atoms with Crippen LogP contribution in [0.3, 0.4) is 0 Å². The molecular formula is C14H20ClN3O. The molecule has 1 aliphatic carbocycles. The molecule has 2 aliphatic rings. The van der Waals surface area contributed by atoms with E-state index >= 15 is 0 Å². The van der Waals surface area contributed by atoms with Gasteiger partial charge in [-0.15, -0.1) is 0 Å². The Kier molecular flexibility index (Phi) is 3.39. The highest BCUT2D eigenvalue weighted by Gasteiger charge is 2.32. The minimum atomic E-state index is -0.0879. The van der Waals surface area contributed by atoms with Crippen molar-refractivity contribution in [2.75, 3.05) is 24.6 Å². The molecule has 5 heteroatoms. The third-order valence-electron chi connectivity index (χ3n) is 4.05. The van der Waals surface area contributed by atoms with E-state index in [0.717, 1.165) is 37.8 Å². The van der Waals surface area contributed by atoms with E-state index in [1.165, 1.54) is 12.8 Å². The number of hydrogen-bond donors (Lipinski definition) is 0. The molecule has 1 saturated carbocycles. The van der Waals surface area contributed by atoms with Crippen molar-refractivity contribution in [3.05, 3.63) is 17.0 Å². The van der Waals surface area contributed by atoms with Crippen molar-refractivity contribution in [2.24, 2.45) is 0 Å². The van der Waals surface area contributed by atoms with E-state index < -0.39 is 0 Å². The second-order valence-electron chi connectivity index (χ2n) is 5.75. The number of rotatable bonds is 3. The molecule has 1 aromatic rings. The molecule has 0 spiro atoms. The van der Waals surface area contributed by atoms with Gasteiger partial charge in [0.05, 0.1) is 12.2 Å². The monoisotopic (exact) mass is 281 g/mol. The van der Waals surface area contributed by atoms with E-state index in [1.807, 2.05) is 6.07 Å². The highest BCUT2D eigenvalue weighted by Crippen LogP contribution is 2.39. The van der Waals surface area contributed by atoms with Crippen molar-refractivity contribution in [3.63, 3.8) is 0 Å². The number of anilines is 1. The van der Waals surface area contributed by atoms with Crippen LogP contribution < -0.4 is 4.90 Å². The zero-order valence-electron chi connectivity index (χ0n) is 11.5. The summed E-state index contributed by atoms with van der Waals surface area (Å²) in [6.07, 6.45) is 3.38. The lowest BCUT2D eigenvalue weighted by Gasteiger charge is -2.40. The van der Waals surface area contributed by atoms with Crippen molar-refractivity contribution in [3.8, 4) is 0 Å². The fourth-order valence-electron chi connectivity index (χ4n) is 2.45. The van der Waals surface area contributed by atoms with Crippen LogP contribution in [0.25, 0.3) is 0 Å². The van der Waals surface area contributed by atoms with Crippen LogP contribution in [0.1, 0.15) is 44.9 Å². The third kappa shape index (κ3) is 2.84. The van der Waals surface area contributed by atoms with E-state index in [2.05, 4.69) is 23.7 Å². The van der Waals surface area contributed by atoms with Gasteiger partial charge in [-0.3, -0.25) is 0 Å². The Morgan fingerprint density at radius 1 is 1.47 bits per heavy atom. The molecule has 2 heterocycles. The van der Waals surface area contributed by atoms with Crippen molar-refractivity contribution in [1.82, 2.24) is 9.97 Å². The summed E-state index contributed by atoms with van der Waals surface area (Å²) in [4.78, 5) is 11.3. The zero-order chi connectivity index (χ0) is 13.5. The van der Waals surface area contributed by atoms with Gasteiger partial charge in [-0.05, 0) is 26.2 Å². The molecule has 104 valence electrons. The Morgan fingerprint density at radius 2 is 2.26 bits per heavy atom. The van der Waals surface area contributed by atoms with Gasteiger partial charge in [0, 0.05) is 25.1 Å². The maximum Gasteiger partial charge on any atom is 0.135 e. The molecule has 2 fully saturated rings. The summed E-state index contributed by atoms with van der Waals surface area (Å²) in [6.45, 7) is 6.79. The molecule has 0 amide bonds. The molecule has 0 radical (unpaired) electrons. The fourth-order valence-corrected chi connectivity index (χ4v) is 2.63. The molecular weight excluding hydrogens is 262 g/mol. The molecule has 3 rings (SSSR count). The lowest BCUT2D eigenvalue weighted by atomic mass is 10.0. The number of morpholine rings is 1. The first kappa shape index (κ1) is 13.1. The van der Waals surface area contributed by atoms with Crippen LogP contribution in [0.15, 0.2) is 6.07 Å². The minimum Gasteiger partial charge on any atom is -0.372 e. The van der Waals surface area contributed by atoms with Gasteiger partial charge in [-0.25, -0.2) is 9.97 Å². The number of ether oxygens (including phenoxy) is 1. The summed E-state index contributed by atoms with van der Waals surface area (Å²) in [5.41, 5.74) is -0.0879. The highest BCUT2D eigenvalue weighted by atomic mass is 35.5. The van der Waals surface area contributed by atoms with E-state index in [4.69, 9.17) is 21.3 Å². The van der Waals surface area contributed by atoms with E-state index in [0.29, 0.717) is 11.1 Å². The molecule has 0 aromatic carbocycles. The van der Waals surface area contributed by atoms with Gasteiger partial charge in [0.15, 0.2) is 0 Å². The quantitative estimate of drug-likeness (QED) is 0.799. The van der Waals surface area contributed by atoms with Gasteiger partial charge < -0.3 is 9.64 Å². The van der Waals surface area contributed by atoms with E-state index in [-0.39, 0.29) is 5.60 Å². The molecule has 4 nitrogen and oxygen atoms in total. The normalized spacial score (nSPS) is 27.6. The van der Waals surface area contributed by atoms with Gasteiger partial charge in [-0.1, -0.05) is 18.5 Å². The Hall–Kier alpha value is -0.870. The molecule has 1 aliphatic heterocycles. The van der Waals surface area contributed by atoms with Crippen LogP contribution in [-0.4, -0.2) is 35.3 Å². The van der Waals surface area contributed by atoms with Gasteiger partial charge in [0.2, 0.25) is 0 Å². The summed E-state index contributed by atoms with van der Waals surface area (Å²) in [5, 5.41) is 0.552. The second-order valence-corrected chi connectivity index (χ2v) is 6.14. The maximum atomic E-state index is 6.14. The Labute approximate surface area is 119 Å². The predicted octanol–water partition coefficient (Wildman–Crippen LogP) is 3.01. The predicted molar refractivity (Wildman–Crippen MR) is 75.9 cm³/mol. The van der Waals surface area contributed by atoms with Crippen LogP contribution in [0.2, 0.25) is 5.15 Å². The van der Waals surface area contributed by atoms with Crippen LogP contribution in [0, 0.1) is 0 Å². The first-order valence-electron chi connectivity index (χ1n) is 7.03. The lowest BCUT2D eigenvalue weighted by Crippen LogP contribution is -2.50. The second kappa shape index (κ2) is 4.91.